The number of allylic oxidation sites excluding steroid dienone is 2. The van der Waals surface area contributed by atoms with Crippen LogP contribution in [0.15, 0.2) is 16.6 Å². The zero-order chi connectivity index (χ0) is 12.4. The van der Waals surface area contributed by atoms with Crippen molar-refractivity contribution in [2.24, 2.45) is 16.8 Å². The molecular formula is C14H27NO. The lowest BCUT2D eigenvalue weighted by Crippen LogP contribution is -2.19. The average molecular weight is 225 g/mol. The van der Waals surface area contributed by atoms with Crippen LogP contribution in [-0.2, 0) is 4.74 Å². The molecule has 2 heteroatoms. The van der Waals surface area contributed by atoms with Crippen molar-refractivity contribution in [2.45, 2.75) is 40.5 Å². The topological polar surface area (TPSA) is 21.6 Å². The summed E-state index contributed by atoms with van der Waals surface area (Å²) in [7, 11) is 1.76. The van der Waals surface area contributed by atoms with Crippen LogP contribution in [0, 0.1) is 11.8 Å². The summed E-state index contributed by atoms with van der Waals surface area (Å²) >= 11 is 0. The lowest BCUT2D eigenvalue weighted by Gasteiger charge is -2.24. The first-order valence-electron chi connectivity index (χ1n) is 6.21. The highest BCUT2D eigenvalue weighted by atomic mass is 16.5. The highest BCUT2D eigenvalue weighted by Crippen LogP contribution is 2.22. The molecule has 2 nitrogen and oxygen atoms in total. The standard InChI is InChI=1S/C8H16O.C6H11N/c1-7(2)8-3-5-9-6-4-8;1-6(2)4-5-7-3/h7-8H,3-6H2,1-2H3;4-5H,1-3H3. The van der Waals surface area contributed by atoms with Crippen LogP contribution in [-0.4, -0.2) is 26.5 Å². The molecule has 0 unspecified atom stereocenters. The molecule has 1 heterocycles. The number of ether oxygens (including phenoxy) is 1. The van der Waals surface area contributed by atoms with Gasteiger partial charge in [0.25, 0.3) is 0 Å². The number of nitrogens with zero attached hydrogens (tertiary/aromatic N) is 1. The quantitative estimate of drug-likeness (QED) is 0.656. The van der Waals surface area contributed by atoms with Crippen LogP contribution in [0.3, 0.4) is 0 Å². The van der Waals surface area contributed by atoms with Gasteiger partial charge in [-0.2, -0.15) is 0 Å². The first-order chi connectivity index (χ1) is 7.57. The molecule has 0 aliphatic carbocycles. The molecule has 0 bridgehead atoms. The van der Waals surface area contributed by atoms with E-state index in [4.69, 9.17) is 4.74 Å². The van der Waals surface area contributed by atoms with Crippen LogP contribution in [0.5, 0.6) is 0 Å². The van der Waals surface area contributed by atoms with Gasteiger partial charge in [0.2, 0.25) is 0 Å². The Morgan fingerprint density at radius 2 is 1.81 bits per heavy atom. The van der Waals surface area contributed by atoms with Gasteiger partial charge < -0.3 is 4.74 Å². The van der Waals surface area contributed by atoms with E-state index in [1.165, 1.54) is 18.4 Å². The lowest BCUT2D eigenvalue weighted by atomic mass is 9.89. The molecule has 0 saturated carbocycles. The molecule has 1 fully saturated rings. The van der Waals surface area contributed by atoms with E-state index in [2.05, 4.69) is 18.8 Å². The molecule has 16 heavy (non-hydrogen) atoms. The molecule has 1 rings (SSSR count). The molecule has 0 N–H and O–H groups in total. The van der Waals surface area contributed by atoms with Crippen molar-refractivity contribution >= 4 is 6.21 Å². The van der Waals surface area contributed by atoms with Gasteiger partial charge in [-0.15, -0.1) is 0 Å². The Labute approximate surface area is 101 Å². The summed E-state index contributed by atoms with van der Waals surface area (Å²) < 4.78 is 5.25. The molecule has 1 aliphatic rings. The lowest BCUT2D eigenvalue weighted by molar-refractivity contribution is 0.0523. The third-order valence-electron chi connectivity index (χ3n) is 2.77. The number of hydrogen-bond donors (Lipinski definition) is 0. The molecular weight excluding hydrogens is 198 g/mol. The number of rotatable bonds is 2. The van der Waals surface area contributed by atoms with E-state index in [1.807, 2.05) is 19.9 Å². The third kappa shape index (κ3) is 8.66. The molecule has 1 saturated heterocycles. The van der Waals surface area contributed by atoms with E-state index in [-0.39, 0.29) is 0 Å². The average Bonchev–Trinajstić information content (AvgIpc) is 2.28. The Hall–Kier alpha value is -0.630. The van der Waals surface area contributed by atoms with Crippen molar-refractivity contribution < 1.29 is 4.74 Å². The molecule has 0 amide bonds. The van der Waals surface area contributed by atoms with E-state index in [0.717, 1.165) is 25.0 Å². The van der Waals surface area contributed by atoms with Gasteiger partial charge in [-0.1, -0.05) is 19.4 Å². The molecule has 0 aromatic carbocycles. The second kappa shape index (κ2) is 9.59. The Kier molecular flexibility index (Phi) is 9.21. The smallest absolute Gasteiger partial charge is 0.0468 e. The minimum atomic E-state index is 0.855. The summed E-state index contributed by atoms with van der Waals surface area (Å²) in [5.74, 6) is 1.78. The van der Waals surface area contributed by atoms with Crippen LogP contribution in [0.2, 0.25) is 0 Å². The fraction of sp³-hybridized carbons (Fsp3) is 0.786. The van der Waals surface area contributed by atoms with Crippen molar-refractivity contribution in [2.75, 3.05) is 20.3 Å². The van der Waals surface area contributed by atoms with Gasteiger partial charge in [0, 0.05) is 26.5 Å². The van der Waals surface area contributed by atoms with E-state index in [1.54, 1.807) is 13.3 Å². The van der Waals surface area contributed by atoms with Crippen LogP contribution >= 0.6 is 0 Å². The number of aliphatic imine (C=N–C) groups is 1. The largest absolute Gasteiger partial charge is 0.381 e. The summed E-state index contributed by atoms with van der Waals surface area (Å²) in [5.41, 5.74) is 1.28. The van der Waals surface area contributed by atoms with Crippen molar-refractivity contribution in [1.29, 1.82) is 0 Å². The zero-order valence-corrected chi connectivity index (χ0v) is 11.5. The normalized spacial score (nSPS) is 17.1. The first-order valence-corrected chi connectivity index (χ1v) is 6.21. The summed E-state index contributed by atoms with van der Waals surface area (Å²) in [4.78, 5) is 3.77. The number of hydrogen-bond acceptors (Lipinski definition) is 2. The SMILES string of the molecule is CC(C)C1CCOCC1.CN=CC=C(C)C. The van der Waals surface area contributed by atoms with Gasteiger partial charge in [-0.25, -0.2) is 0 Å². The molecule has 0 spiro atoms. The van der Waals surface area contributed by atoms with Crippen LogP contribution in [0.4, 0.5) is 0 Å². The predicted octanol–water partition coefficient (Wildman–Crippen LogP) is 3.72. The fourth-order valence-corrected chi connectivity index (χ4v) is 1.61. The van der Waals surface area contributed by atoms with Gasteiger partial charge >= 0.3 is 0 Å². The Balaban J connectivity index is 0.000000293. The fourth-order valence-electron chi connectivity index (χ4n) is 1.61. The molecule has 94 valence electrons. The Morgan fingerprint density at radius 3 is 2.06 bits per heavy atom. The summed E-state index contributed by atoms with van der Waals surface area (Å²) in [5, 5.41) is 0. The highest BCUT2D eigenvalue weighted by Gasteiger charge is 2.16. The maximum Gasteiger partial charge on any atom is 0.0468 e. The van der Waals surface area contributed by atoms with Crippen LogP contribution in [0.1, 0.15) is 40.5 Å². The summed E-state index contributed by atoms with van der Waals surface area (Å²) in [6.07, 6.45) is 6.31. The maximum atomic E-state index is 5.25. The molecule has 0 aromatic rings. The maximum absolute atomic E-state index is 5.25. The van der Waals surface area contributed by atoms with Crippen LogP contribution < -0.4 is 0 Å². The van der Waals surface area contributed by atoms with Crippen molar-refractivity contribution in [3.8, 4) is 0 Å². The van der Waals surface area contributed by atoms with Crippen molar-refractivity contribution in [3.05, 3.63) is 11.6 Å². The molecule has 0 aromatic heterocycles. The van der Waals surface area contributed by atoms with E-state index in [9.17, 15) is 0 Å². The second-order valence-corrected chi connectivity index (χ2v) is 4.85. The van der Waals surface area contributed by atoms with Crippen molar-refractivity contribution in [1.82, 2.24) is 0 Å². The minimum Gasteiger partial charge on any atom is -0.381 e. The monoisotopic (exact) mass is 225 g/mol. The highest BCUT2D eigenvalue weighted by molar-refractivity contribution is 5.71. The van der Waals surface area contributed by atoms with Crippen molar-refractivity contribution in [3.63, 3.8) is 0 Å². The van der Waals surface area contributed by atoms with Gasteiger partial charge in [-0.3, -0.25) is 4.99 Å². The first kappa shape index (κ1) is 15.4. The Morgan fingerprint density at radius 1 is 1.25 bits per heavy atom. The molecule has 1 aliphatic heterocycles. The third-order valence-corrected chi connectivity index (χ3v) is 2.77. The van der Waals surface area contributed by atoms with E-state index in [0.29, 0.717) is 0 Å². The zero-order valence-electron chi connectivity index (χ0n) is 11.5. The molecule has 0 atom stereocenters. The Bertz CT molecular complexity index is 209. The van der Waals surface area contributed by atoms with Crippen LogP contribution in [0.25, 0.3) is 0 Å². The van der Waals surface area contributed by atoms with Gasteiger partial charge in [0.1, 0.15) is 0 Å². The van der Waals surface area contributed by atoms with E-state index >= 15 is 0 Å². The van der Waals surface area contributed by atoms with E-state index < -0.39 is 0 Å². The second-order valence-electron chi connectivity index (χ2n) is 4.85. The minimum absolute atomic E-state index is 0.855. The molecule has 0 radical (unpaired) electrons. The summed E-state index contributed by atoms with van der Waals surface area (Å²) in [6, 6.07) is 0. The van der Waals surface area contributed by atoms with Gasteiger partial charge in [-0.05, 0) is 44.6 Å². The predicted molar refractivity (Wildman–Crippen MR) is 72.2 cm³/mol. The summed E-state index contributed by atoms with van der Waals surface area (Å²) in [6.45, 7) is 10.7. The van der Waals surface area contributed by atoms with Gasteiger partial charge in [0.05, 0.1) is 0 Å². The van der Waals surface area contributed by atoms with Gasteiger partial charge in [0.15, 0.2) is 0 Å².